The van der Waals surface area contributed by atoms with Crippen LogP contribution >= 0.6 is 11.6 Å². The lowest BCUT2D eigenvalue weighted by Gasteiger charge is -2.22. The molecule has 0 unspecified atom stereocenters. The van der Waals surface area contributed by atoms with Crippen molar-refractivity contribution in [3.63, 3.8) is 0 Å². The second-order valence-corrected chi connectivity index (χ2v) is 5.46. The first-order valence-electron chi connectivity index (χ1n) is 6.89. The molecule has 4 nitrogen and oxygen atoms in total. The summed E-state index contributed by atoms with van der Waals surface area (Å²) in [6.45, 7) is 6.09. The lowest BCUT2D eigenvalue weighted by atomic mass is 10.0. The number of methoxy groups -OCH3 is 1. The Kier molecular flexibility index (Phi) is 7.40. The number of hydrogen-bond acceptors (Lipinski definition) is 4. The van der Waals surface area contributed by atoms with Crippen LogP contribution in [0.4, 0.5) is 0 Å². The molecule has 0 aliphatic heterocycles. The number of esters is 1. The van der Waals surface area contributed by atoms with E-state index in [0.717, 1.165) is 11.3 Å². The van der Waals surface area contributed by atoms with E-state index in [1.54, 1.807) is 19.2 Å². The SMILES string of the molecule is COCCC(=O)O[C@@H](c1cccc(Cl)c1)[C@H](C)N=C(C)C. The molecule has 5 heteroatoms. The average molecular weight is 312 g/mol. The maximum absolute atomic E-state index is 11.9. The third-order valence-electron chi connectivity index (χ3n) is 2.85. The zero-order valence-corrected chi connectivity index (χ0v) is 13.7. The average Bonchev–Trinajstić information content (AvgIpc) is 2.41. The highest BCUT2D eigenvalue weighted by Crippen LogP contribution is 2.26. The molecule has 1 aromatic rings. The Bertz CT molecular complexity index is 498. The van der Waals surface area contributed by atoms with Crippen LogP contribution in [-0.4, -0.2) is 31.4 Å². The highest BCUT2D eigenvalue weighted by molar-refractivity contribution is 6.30. The van der Waals surface area contributed by atoms with Gasteiger partial charge in [-0.3, -0.25) is 9.79 Å². The second-order valence-electron chi connectivity index (χ2n) is 5.03. The molecule has 0 heterocycles. The number of nitrogens with zero attached hydrogens (tertiary/aromatic N) is 1. The van der Waals surface area contributed by atoms with Crippen molar-refractivity contribution in [2.75, 3.05) is 13.7 Å². The number of rotatable bonds is 7. The molecule has 1 rings (SSSR count). The van der Waals surface area contributed by atoms with Crippen LogP contribution in [0.2, 0.25) is 5.02 Å². The van der Waals surface area contributed by atoms with Crippen molar-refractivity contribution in [3.05, 3.63) is 34.9 Å². The molecule has 1 aromatic carbocycles. The molecule has 116 valence electrons. The quantitative estimate of drug-likeness (QED) is 0.568. The lowest BCUT2D eigenvalue weighted by Crippen LogP contribution is -2.22. The number of halogens is 1. The summed E-state index contributed by atoms with van der Waals surface area (Å²) in [5.41, 5.74) is 1.77. The van der Waals surface area contributed by atoms with Gasteiger partial charge in [-0.2, -0.15) is 0 Å². The summed E-state index contributed by atoms with van der Waals surface area (Å²) in [4.78, 5) is 16.4. The van der Waals surface area contributed by atoms with E-state index in [-0.39, 0.29) is 18.4 Å². The summed E-state index contributed by atoms with van der Waals surface area (Å²) >= 11 is 6.02. The Morgan fingerprint density at radius 1 is 1.38 bits per heavy atom. The lowest BCUT2D eigenvalue weighted by molar-refractivity contribution is -0.151. The van der Waals surface area contributed by atoms with Gasteiger partial charge in [0.1, 0.15) is 6.10 Å². The first-order chi connectivity index (χ1) is 9.93. The van der Waals surface area contributed by atoms with Gasteiger partial charge in [0.2, 0.25) is 0 Å². The molecule has 0 fully saturated rings. The molecule has 0 aromatic heterocycles. The van der Waals surface area contributed by atoms with Crippen LogP contribution in [0.15, 0.2) is 29.3 Å². The van der Waals surface area contributed by atoms with Crippen molar-refractivity contribution in [3.8, 4) is 0 Å². The van der Waals surface area contributed by atoms with Crippen LogP contribution in [0.5, 0.6) is 0 Å². The van der Waals surface area contributed by atoms with Gasteiger partial charge < -0.3 is 9.47 Å². The monoisotopic (exact) mass is 311 g/mol. The third kappa shape index (κ3) is 6.27. The zero-order valence-electron chi connectivity index (χ0n) is 12.9. The number of carbonyl (C=O) groups excluding carboxylic acids is 1. The van der Waals surface area contributed by atoms with E-state index < -0.39 is 6.10 Å². The third-order valence-corrected chi connectivity index (χ3v) is 3.08. The Balaban J connectivity index is 2.94. The normalized spacial score (nSPS) is 13.4. The van der Waals surface area contributed by atoms with Crippen molar-refractivity contribution in [1.82, 2.24) is 0 Å². The molecular weight excluding hydrogens is 290 g/mol. The minimum atomic E-state index is -0.456. The van der Waals surface area contributed by atoms with Crippen LogP contribution in [0, 0.1) is 0 Å². The summed E-state index contributed by atoms with van der Waals surface area (Å²) in [6, 6.07) is 7.13. The van der Waals surface area contributed by atoms with Crippen molar-refractivity contribution in [2.24, 2.45) is 4.99 Å². The fraction of sp³-hybridized carbons (Fsp3) is 0.500. The van der Waals surface area contributed by atoms with Crippen molar-refractivity contribution in [1.29, 1.82) is 0 Å². The van der Waals surface area contributed by atoms with Crippen LogP contribution in [0.3, 0.4) is 0 Å². The number of aliphatic imine (C=N–C) groups is 1. The molecule has 0 radical (unpaired) electrons. The first-order valence-corrected chi connectivity index (χ1v) is 7.26. The predicted molar refractivity (Wildman–Crippen MR) is 85.0 cm³/mol. The minimum Gasteiger partial charge on any atom is -0.455 e. The van der Waals surface area contributed by atoms with E-state index in [4.69, 9.17) is 21.1 Å². The molecule has 0 N–H and O–H groups in total. The fourth-order valence-corrected chi connectivity index (χ4v) is 2.19. The van der Waals surface area contributed by atoms with Crippen LogP contribution in [-0.2, 0) is 14.3 Å². The molecule has 0 amide bonds. The van der Waals surface area contributed by atoms with Gasteiger partial charge in [0.15, 0.2) is 0 Å². The van der Waals surface area contributed by atoms with E-state index in [0.29, 0.717) is 11.6 Å². The van der Waals surface area contributed by atoms with Gasteiger partial charge in [0, 0.05) is 17.8 Å². The molecule has 2 atom stereocenters. The van der Waals surface area contributed by atoms with Gasteiger partial charge in [-0.05, 0) is 38.5 Å². The van der Waals surface area contributed by atoms with Crippen LogP contribution in [0.25, 0.3) is 0 Å². The molecule has 0 spiro atoms. The van der Waals surface area contributed by atoms with Gasteiger partial charge in [-0.25, -0.2) is 0 Å². The van der Waals surface area contributed by atoms with Gasteiger partial charge in [-0.15, -0.1) is 0 Å². The van der Waals surface area contributed by atoms with Gasteiger partial charge >= 0.3 is 5.97 Å². The Morgan fingerprint density at radius 3 is 2.67 bits per heavy atom. The number of benzene rings is 1. The largest absolute Gasteiger partial charge is 0.455 e. The van der Waals surface area contributed by atoms with Crippen molar-refractivity contribution < 1.29 is 14.3 Å². The number of ether oxygens (including phenoxy) is 2. The number of carbonyl (C=O) groups is 1. The summed E-state index contributed by atoms with van der Waals surface area (Å²) in [7, 11) is 1.55. The number of hydrogen-bond donors (Lipinski definition) is 0. The Morgan fingerprint density at radius 2 is 2.10 bits per heavy atom. The second kappa shape index (κ2) is 8.80. The molecule has 0 aliphatic rings. The predicted octanol–water partition coefficient (Wildman–Crippen LogP) is 3.83. The van der Waals surface area contributed by atoms with Crippen molar-refractivity contribution in [2.45, 2.75) is 39.3 Å². The summed E-state index contributed by atoms with van der Waals surface area (Å²) in [6.07, 6.45) is -0.238. The van der Waals surface area contributed by atoms with Gasteiger partial charge in [-0.1, -0.05) is 23.7 Å². The summed E-state index contributed by atoms with van der Waals surface area (Å²) in [5, 5.41) is 0.606. The first kappa shape index (κ1) is 17.7. The molecule has 0 aliphatic carbocycles. The van der Waals surface area contributed by atoms with Crippen molar-refractivity contribution >= 4 is 23.3 Å². The van der Waals surface area contributed by atoms with E-state index in [1.165, 1.54) is 0 Å². The van der Waals surface area contributed by atoms with E-state index in [1.807, 2.05) is 32.9 Å². The molecule has 21 heavy (non-hydrogen) atoms. The minimum absolute atomic E-state index is 0.181. The molecule has 0 saturated carbocycles. The summed E-state index contributed by atoms with van der Waals surface area (Å²) < 4.78 is 10.5. The smallest absolute Gasteiger partial charge is 0.308 e. The highest BCUT2D eigenvalue weighted by atomic mass is 35.5. The maximum atomic E-state index is 11.9. The van der Waals surface area contributed by atoms with Crippen LogP contribution in [0.1, 0.15) is 38.9 Å². The molecular formula is C16H22ClNO3. The standard InChI is InChI=1S/C16H22ClNO3/c1-11(2)18-12(3)16(21-15(19)8-9-20-4)13-6-5-7-14(17)10-13/h5-7,10,12,16H,8-9H2,1-4H3/t12-,16+/m0/s1. The Labute approximate surface area is 131 Å². The van der Waals surface area contributed by atoms with Gasteiger partial charge in [0.05, 0.1) is 19.1 Å². The highest BCUT2D eigenvalue weighted by Gasteiger charge is 2.23. The van der Waals surface area contributed by atoms with Gasteiger partial charge in [0.25, 0.3) is 0 Å². The Hall–Kier alpha value is -1.39. The van der Waals surface area contributed by atoms with E-state index >= 15 is 0 Å². The fourth-order valence-electron chi connectivity index (χ4n) is 1.99. The maximum Gasteiger partial charge on any atom is 0.308 e. The molecule has 0 saturated heterocycles. The topological polar surface area (TPSA) is 47.9 Å². The van der Waals surface area contributed by atoms with E-state index in [2.05, 4.69) is 4.99 Å². The van der Waals surface area contributed by atoms with E-state index in [9.17, 15) is 4.79 Å². The van der Waals surface area contributed by atoms with Crippen LogP contribution < -0.4 is 0 Å². The summed E-state index contributed by atoms with van der Waals surface area (Å²) in [5.74, 6) is -0.308. The zero-order chi connectivity index (χ0) is 15.8. The molecule has 0 bridgehead atoms.